The van der Waals surface area contributed by atoms with Gasteiger partial charge in [0.15, 0.2) is 0 Å². The SMILES string of the molecule is C.C.C=CC1CC(C=C)C(CCCl)C1.C=CC1CC(C=C)C(CCl)C1. The first-order valence-electron chi connectivity index (χ1n) is 8.75. The fraction of sp³-hybridized carbons (Fsp3) is 0.652. The highest BCUT2D eigenvalue weighted by Crippen LogP contribution is 2.39. The maximum atomic E-state index is 5.82. The number of halogens is 2. The van der Waals surface area contributed by atoms with Crippen LogP contribution in [-0.2, 0) is 0 Å². The van der Waals surface area contributed by atoms with Crippen molar-refractivity contribution in [2.75, 3.05) is 11.8 Å². The van der Waals surface area contributed by atoms with Crippen molar-refractivity contribution in [3.63, 3.8) is 0 Å². The fourth-order valence-electron chi connectivity index (χ4n) is 4.02. The first-order valence-corrected chi connectivity index (χ1v) is 9.82. The summed E-state index contributed by atoms with van der Waals surface area (Å²) in [7, 11) is 0. The molecule has 146 valence electrons. The van der Waals surface area contributed by atoms with E-state index in [1.807, 2.05) is 12.2 Å². The van der Waals surface area contributed by atoms with E-state index >= 15 is 0 Å². The molecule has 0 heterocycles. The summed E-state index contributed by atoms with van der Waals surface area (Å²) in [6, 6.07) is 0. The molecule has 0 nitrogen and oxygen atoms in total. The molecule has 25 heavy (non-hydrogen) atoms. The molecule has 0 spiro atoms. The van der Waals surface area contributed by atoms with Crippen LogP contribution in [0.4, 0.5) is 0 Å². The van der Waals surface area contributed by atoms with E-state index in [2.05, 4.69) is 38.5 Å². The van der Waals surface area contributed by atoms with E-state index in [1.165, 1.54) is 25.7 Å². The van der Waals surface area contributed by atoms with Crippen molar-refractivity contribution in [1.29, 1.82) is 0 Å². The minimum Gasteiger partial charge on any atom is -0.127 e. The largest absolute Gasteiger partial charge is 0.127 e. The molecule has 0 N–H and O–H groups in total. The van der Waals surface area contributed by atoms with E-state index in [-0.39, 0.29) is 14.9 Å². The molecule has 6 atom stereocenters. The van der Waals surface area contributed by atoms with Gasteiger partial charge in [0.1, 0.15) is 0 Å². The summed E-state index contributed by atoms with van der Waals surface area (Å²) < 4.78 is 0. The molecule has 2 saturated carbocycles. The summed E-state index contributed by atoms with van der Waals surface area (Å²) >= 11 is 11.6. The number of rotatable bonds is 7. The highest BCUT2D eigenvalue weighted by Gasteiger charge is 2.30. The summed E-state index contributed by atoms with van der Waals surface area (Å²) in [5.74, 6) is 5.59. The second kappa shape index (κ2) is 14.7. The van der Waals surface area contributed by atoms with Crippen molar-refractivity contribution in [2.45, 2.75) is 47.0 Å². The number of hydrogen-bond donors (Lipinski definition) is 0. The van der Waals surface area contributed by atoms with Crippen molar-refractivity contribution in [2.24, 2.45) is 35.5 Å². The van der Waals surface area contributed by atoms with Crippen LogP contribution in [0.2, 0.25) is 0 Å². The van der Waals surface area contributed by atoms with Gasteiger partial charge in [-0.3, -0.25) is 0 Å². The van der Waals surface area contributed by atoms with Gasteiger partial charge in [0.05, 0.1) is 0 Å². The number of hydrogen-bond acceptors (Lipinski definition) is 0. The van der Waals surface area contributed by atoms with Gasteiger partial charge in [-0.2, -0.15) is 0 Å². The molecule has 2 rings (SSSR count). The minimum absolute atomic E-state index is 0. The quantitative estimate of drug-likeness (QED) is 0.305. The van der Waals surface area contributed by atoms with Gasteiger partial charge >= 0.3 is 0 Å². The first-order chi connectivity index (χ1) is 11.1. The van der Waals surface area contributed by atoms with E-state index in [9.17, 15) is 0 Å². The van der Waals surface area contributed by atoms with Crippen LogP contribution in [-0.4, -0.2) is 11.8 Å². The Kier molecular flexibility index (Phi) is 15.7. The molecule has 2 heteroatoms. The summed E-state index contributed by atoms with van der Waals surface area (Å²) in [4.78, 5) is 0. The maximum Gasteiger partial charge on any atom is 0.0257 e. The highest BCUT2D eigenvalue weighted by atomic mass is 35.5. The molecule has 2 aliphatic rings. The van der Waals surface area contributed by atoms with Crippen molar-refractivity contribution >= 4 is 23.2 Å². The lowest BCUT2D eigenvalue weighted by Gasteiger charge is -2.13. The molecule has 0 radical (unpaired) electrons. The van der Waals surface area contributed by atoms with E-state index < -0.39 is 0 Å². The Hall–Kier alpha value is -0.460. The molecule has 0 aliphatic heterocycles. The zero-order valence-electron chi connectivity index (χ0n) is 14.3. The predicted octanol–water partition coefficient (Wildman–Crippen LogP) is 8.14. The number of alkyl halides is 2. The third-order valence-electron chi connectivity index (χ3n) is 5.52. The van der Waals surface area contributed by atoms with Crippen molar-refractivity contribution < 1.29 is 0 Å². The predicted molar refractivity (Wildman–Crippen MR) is 120 cm³/mol. The Balaban J connectivity index is 0. The second-order valence-electron chi connectivity index (χ2n) is 6.89. The molecule has 2 aliphatic carbocycles. The smallest absolute Gasteiger partial charge is 0.0257 e. The van der Waals surface area contributed by atoms with Crippen LogP contribution < -0.4 is 0 Å². The van der Waals surface area contributed by atoms with Gasteiger partial charge in [0, 0.05) is 11.8 Å². The van der Waals surface area contributed by atoms with E-state index in [4.69, 9.17) is 23.2 Å². The van der Waals surface area contributed by atoms with E-state index in [0.29, 0.717) is 29.6 Å². The zero-order valence-corrected chi connectivity index (χ0v) is 15.8. The normalized spacial score (nSPS) is 33.0. The third-order valence-corrected chi connectivity index (χ3v) is 6.14. The second-order valence-corrected chi connectivity index (χ2v) is 7.57. The van der Waals surface area contributed by atoms with E-state index in [1.54, 1.807) is 0 Å². The number of allylic oxidation sites excluding steroid dienone is 4. The molecular formula is C23H40Cl2. The van der Waals surface area contributed by atoms with Crippen molar-refractivity contribution in [1.82, 2.24) is 0 Å². The molecule has 0 saturated heterocycles. The standard InChI is InChI=1S/C11H17Cl.C10H15Cl.2CH4/c1-3-9-7-10(4-2)11(8-9)5-6-12;1-3-8-5-9(4-2)10(6-8)7-11;;/h3-4,9-11H,1-2,5-8H2;3-4,8-10H,1-2,5-7H2;2*1H4. The third kappa shape index (κ3) is 8.18. The van der Waals surface area contributed by atoms with Crippen LogP contribution in [0.25, 0.3) is 0 Å². The van der Waals surface area contributed by atoms with Crippen molar-refractivity contribution in [3.8, 4) is 0 Å². The molecule has 2 fully saturated rings. The van der Waals surface area contributed by atoms with Gasteiger partial charge in [-0.05, 0) is 67.6 Å². The topological polar surface area (TPSA) is 0 Å². The summed E-state index contributed by atoms with van der Waals surface area (Å²) in [5, 5.41) is 0. The molecule has 0 aromatic carbocycles. The first kappa shape index (κ1) is 26.8. The Labute approximate surface area is 168 Å². The van der Waals surface area contributed by atoms with Crippen LogP contribution in [0.3, 0.4) is 0 Å². The van der Waals surface area contributed by atoms with Gasteiger partial charge in [-0.1, -0.05) is 39.2 Å². The molecule has 0 aromatic heterocycles. The van der Waals surface area contributed by atoms with Crippen LogP contribution in [0.1, 0.15) is 47.0 Å². The van der Waals surface area contributed by atoms with Crippen LogP contribution in [0.15, 0.2) is 50.6 Å². The molecule has 0 aromatic rings. The lowest BCUT2D eigenvalue weighted by molar-refractivity contribution is 0.446. The van der Waals surface area contributed by atoms with E-state index in [0.717, 1.165) is 24.1 Å². The Morgan fingerprint density at radius 2 is 1.12 bits per heavy atom. The fourth-order valence-corrected chi connectivity index (χ4v) is 4.65. The monoisotopic (exact) mass is 386 g/mol. The molecular weight excluding hydrogens is 347 g/mol. The van der Waals surface area contributed by atoms with Gasteiger partial charge in [0.2, 0.25) is 0 Å². The van der Waals surface area contributed by atoms with Crippen LogP contribution >= 0.6 is 23.2 Å². The van der Waals surface area contributed by atoms with Gasteiger partial charge in [0.25, 0.3) is 0 Å². The highest BCUT2D eigenvalue weighted by molar-refractivity contribution is 6.18. The lowest BCUT2D eigenvalue weighted by Crippen LogP contribution is -2.05. The summed E-state index contributed by atoms with van der Waals surface area (Å²) in [6.45, 7) is 15.3. The van der Waals surface area contributed by atoms with Crippen LogP contribution in [0, 0.1) is 35.5 Å². The molecule has 6 unspecified atom stereocenters. The summed E-state index contributed by atoms with van der Waals surface area (Å²) in [6.07, 6.45) is 14.3. The summed E-state index contributed by atoms with van der Waals surface area (Å²) in [5.41, 5.74) is 0. The molecule has 0 amide bonds. The van der Waals surface area contributed by atoms with Gasteiger partial charge in [-0.25, -0.2) is 0 Å². The van der Waals surface area contributed by atoms with Gasteiger partial charge in [-0.15, -0.1) is 49.5 Å². The average molecular weight is 387 g/mol. The Bertz CT molecular complexity index is 388. The molecule has 0 bridgehead atoms. The Morgan fingerprint density at radius 1 is 0.680 bits per heavy atom. The van der Waals surface area contributed by atoms with Crippen LogP contribution in [0.5, 0.6) is 0 Å². The zero-order chi connectivity index (χ0) is 17.2. The van der Waals surface area contributed by atoms with Crippen molar-refractivity contribution in [3.05, 3.63) is 50.6 Å². The van der Waals surface area contributed by atoms with Gasteiger partial charge < -0.3 is 0 Å². The Morgan fingerprint density at radius 3 is 1.44 bits per heavy atom. The maximum absolute atomic E-state index is 5.82. The lowest BCUT2D eigenvalue weighted by atomic mass is 9.94. The average Bonchev–Trinajstić information content (AvgIpc) is 3.18. The minimum atomic E-state index is 0.